The smallest absolute Gasteiger partial charge is 0.222 e. The van der Waals surface area contributed by atoms with Gasteiger partial charge in [-0.15, -0.1) is 0 Å². The predicted molar refractivity (Wildman–Crippen MR) is 125 cm³/mol. The van der Waals surface area contributed by atoms with Gasteiger partial charge in [-0.1, -0.05) is 6.42 Å². The predicted octanol–water partition coefficient (Wildman–Crippen LogP) is 2.75. The van der Waals surface area contributed by atoms with Crippen molar-refractivity contribution in [2.75, 3.05) is 68.7 Å². The molecule has 0 unspecified atom stereocenters. The lowest BCUT2D eigenvalue weighted by atomic mass is 10.1. The Kier molecular flexibility index (Phi) is 6.20. The number of nitrogens with zero attached hydrogens (tertiary/aromatic N) is 6. The normalized spacial score (nSPS) is 21.2. The Hall–Kier alpha value is -2.41. The minimum Gasteiger partial charge on any atom is -0.369 e. The Morgan fingerprint density at radius 2 is 1.58 bits per heavy atom. The zero-order chi connectivity index (χ0) is 21.0. The molecule has 5 rings (SSSR count). The first-order chi connectivity index (χ1) is 15.3. The van der Waals surface area contributed by atoms with E-state index in [2.05, 4.69) is 47.8 Å². The van der Waals surface area contributed by atoms with E-state index >= 15 is 0 Å². The summed E-state index contributed by atoms with van der Waals surface area (Å²) in [4.78, 5) is 30.8. The minimum absolute atomic E-state index is 0.350. The zero-order valence-corrected chi connectivity index (χ0v) is 18.5. The summed E-state index contributed by atoms with van der Waals surface area (Å²) in [6, 6.07) is 6.63. The molecule has 3 aliphatic rings. The Bertz CT molecular complexity index is 904. The lowest BCUT2D eigenvalue weighted by Crippen LogP contribution is -2.49. The summed E-state index contributed by atoms with van der Waals surface area (Å²) in [5.41, 5.74) is 2.30. The molecular weight excluding hydrogens is 388 g/mol. The average molecular weight is 423 g/mol. The summed E-state index contributed by atoms with van der Waals surface area (Å²) < 4.78 is 0. The number of hydrogen-bond acceptors (Lipinski definition) is 6. The van der Waals surface area contributed by atoms with Crippen LogP contribution < -0.4 is 9.80 Å². The summed E-state index contributed by atoms with van der Waals surface area (Å²) in [5.74, 6) is 1.44. The Balaban J connectivity index is 1.21. The Morgan fingerprint density at radius 3 is 2.42 bits per heavy atom. The maximum atomic E-state index is 12.2. The van der Waals surface area contributed by atoms with E-state index in [0.717, 1.165) is 89.5 Å². The topological polar surface area (TPSA) is 55.8 Å². The molecule has 0 saturated carbocycles. The van der Waals surface area contributed by atoms with Crippen LogP contribution in [0.4, 0.5) is 11.5 Å². The second-order valence-corrected chi connectivity index (χ2v) is 9.11. The molecule has 1 amide bonds. The maximum absolute atomic E-state index is 12.2. The van der Waals surface area contributed by atoms with Crippen molar-refractivity contribution in [1.29, 1.82) is 0 Å². The highest BCUT2D eigenvalue weighted by Gasteiger charge is 2.22. The van der Waals surface area contributed by atoms with Gasteiger partial charge >= 0.3 is 0 Å². The molecule has 0 N–H and O–H groups in total. The summed E-state index contributed by atoms with van der Waals surface area (Å²) in [6.45, 7) is 9.13. The summed E-state index contributed by atoms with van der Waals surface area (Å²) >= 11 is 0. The van der Waals surface area contributed by atoms with Crippen LogP contribution in [0.3, 0.4) is 0 Å². The van der Waals surface area contributed by atoms with Crippen LogP contribution in [0, 0.1) is 0 Å². The number of anilines is 2. The molecule has 0 aliphatic carbocycles. The lowest BCUT2D eigenvalue weighted by molar-refractivity contribution is -0.130. The van der Waals surface area contributed by atoms with Crippen molar-refractivity contribution < 1.29 is 4.79 Å². The molecule has 0 radical (unpaired) electrons. The van der Waals surface area contributed by atoms with E-state index in [-0.39, 0.29) is 0 Å². The van der Waals surface area contributed by atoms with Crippen LogP contribution in [0.2, 0.25) is 0 Å². The van der Waals surface area contributed by atoms with E-state index in [1.54, 1.807) is 6.33 Å². The monoisotopic (exact) mass is 422 g/mol. The largest absolute Gasteiger partial charge is 0.369 e. The zero-order valence-electron chi connectivity index (χ0n) is 18.5. The highest BCUT2D eigenvalue weighted by molar-refractivity contribution is 5.92. The van der Waals surface area contributed by atoms with Crippen molar-refractivity contribution >= 4 is 28.3 Å². The van der Waals surface area contributed by atoms with Crippen molar-refractivity contribution in [2.45, 2.75) is 38.5 Å². The third kappa shape index (κ3) is 4.61. The van der Waals surface area contributed by atoms with Crippen molar-refractivity contribution in [3.8, 4) is 0 Å². The van der Waals surface area contributed by atoms with Gasteiger partial charge < -0.3 is 14.7 Å². The van der Waals surface area contributed by atoms with Crippen molar-refractivity contribution in [2.24, 2.45) is 0 Å². The fourth-order valence-corrected chi connectivity index (χ4v) is 5.18. The minimum atomic E-state index is 0.350. The third-order valence-electron chi connectivity index (χ3n) is 7.10. The van der Waals surface area contributed by atoms with Gasteiger partial charge in [-0.05, 0) is 43.9 Å². The van der Waals surface area contributed by atoms with E-state index in [0.29, 0.717) is 5.91 Å². The molecule has 166 valence electrons. The Labute approximate surface area is 185 Å². The molecule has 0 bridgehead atoms. The fraction of sp³-hybridized carbons (Fsp3) is 0.625. The van der Waals surface area contributed by atoms with Gasteiger partial charge in [0.1, 0.15) is 12.1 Å². The SMILES string of the molecule is O=C1CCCCCN1CCN1CCN(c2ccc3ncnc(N4CCCC4)c3c2)CC1. The second-order valence-electron chi connectivity index (χ2n) is 9.11. The number of likely N-dealkylation sites (tertiary alicyclic amines) is 1. The Morgan fingerprint density at radius 1 is 0.774 bits per heavy atom. The number of aromatic nitrogens is 2. The van der Waals surface area contributed by atoms with E-state index in [1.807, 2.05) is 0 Å². The van der Waals surface area contributed by atoms with E-state index in [4.69, 9.17) is 0 Å². The molecule has 4 heterocycles. The van der Waals surface area contributed by atoms with E-state index < -0.39 is 0 Å². The third-order valence-corrected chi connectivity index (χ3v) is 7.10. The van der Waals surface area contributed by atoms with Crippen LogP contribution in [0.5, 0.6) is 0 Å². The first kappa shape index (κ1) is 20.5. The van der Waals surface area contributed by atoms with E-state index in [9.17, 15) is 4.79 Å². The number of rotatable bonds is 5. The van der Waals surface area contributed by atoms with Crippen LogP contribution in [0.1, 0.15) is 38.5 Å². The van der Waals surface area contributed by atoms with Crippen LogP contribution in [-0.2, 0) is 4.79 Å². The maximum Gasteiger partial charge on any atom is 0.222 e. The first-order valence-corrected chi connectivity index (χ1v) is 12.0. The molecule has 2 aromatic rings. The fourth-order valence-electron chi connectivity index (χ4n) is 5.18. The molecule has 31 heavy (non-hydrogen) atoms. The number of carbonyl (C=O) groups is 1. The van der Waals surface area contributed by atoms with Crippen LogP contribution >= 0.6 is 0 Å². The van der Waals surface area contributed by atoms with Crippen molar-refractivity contribution in [3.05, 3.63) is 24.5 Å². The highest BCUT2D eigenvalue weighted by atomic mass is 16.2. The molecule has 7 heteroatoms. The number of amides is 1. The summed E-state index contributed by atoms with van der Waals surface area (Å²) in [5, 5.41) is 1.17. The van der Waals surface area contributed by atoms with Gasteiger partial charge in [-0.3, -0.25) is 9.69 Å². The number of carbonyl (C=O) groups excluding carboxylic acids is 1. The van der Waals surface area contributed by atoms with Crippen molar-refractivity contribution in [3.63, 3.8) is 0 Å². The van der Waals surface area contributed by atoms with Crippen LogP contribution in [0.25, 0.3) is 10.9 Å². The molecule has 3 aliphatic heterocycles. The lowest BCUT2D eigenvalue weighted by Gasteiger charge is -2.37. The van der Waals surface area contributed by atoms with Gasteiger partial charge in [0, 0.05) is 76.4 Å². The van der Waals surface area contributed by atoms with Gasteiger partial charge in [0.25, 0.3) is 0 Å². The molecule has 3 fully saturated rings. The molecule has 1 aromatic carbocycles. The van der Waals surface area contributed by atoms with Crippen molar-refractivity contribution in [1.82, 2.24) is 19.8 Å². The van der Waals surface area contributed by atoms with Gasteiger partial charge in [0.15, 0.2) is 0 Å². The molecule has 0 spiro atoms. The quantitative estimate of drug-likeness (QED) is 0.739. The summed E-state index contributed by atoms with van der Waals surface area (Å²) in [6.07, 6.45) is 8.33. The number of piperazine rings is 1. The number of fused-ring (bicyclic) bond motifs is 1. The molecule has 7 nitrogen and oxygen atoms in total. The standard InChI is InChI=1S/C24H34N6O/c31-23-6-2-1-3-9-29(23)17-14-27-12-15-28(16-13-27)20-7-8-22-21(18-20)24(26-19-25-22)30-10-4-5-11-30/h7-8,18-19H,1-6,9-17H2. The van der Waals surface area contributed by atoms with Gasteiger partial charge in [-0.2, -0.15) is 0 Å². The second kappa shape index (κ2) is 9.39. The van der Waals surface area contributed by atoms with E-state index in [1.165, 1.54) is 30.3 Å². The molecule has 3 saturated heterocycles. The average Bonchev–Trinajstić information content (AvgIpc) is 3.27. The number of hydrogen-bond donors (Lipinski definition) is 0. The van der Waals surface area contributed by atoms with Gasteiger partial charge in [0.05, 0.1) is 5.52 Å². The first-order valence-electron chi connectivity index (χ1n) is 12.0. The highest BCUT2D eigenvalue weighted by Crippen LogP contribution is 2.30. The van der Waals surface area contributed by atoms with Gasteiger partial charge in [-0.25, -0.2) is 9.97 Å². The molecule has 0 atom stereocenters. The number of benzene rings is 1. The van der Waals surface area contributed by atoms with Crippen LogP contribution in [-0.4, -0.2) is 84.6 Å². The summed E-state index contributed by atoms with van der Waals surface area (Å²) in [7, 11) is 0. The van der Waals surface area contributed by atoms with Gasteiger partial charge in [0.2, 0.25) is 5.91 Å². The van der Waals surface area contributed by atoms with Crippen LogP contribution in [0.15, 0.2) is 24.5 Å². The molecular formula is C24H34N6O. The molecule has 1 aromatic heterocycles.